The van der Waals surface area contributed by atoms with Crippen molar-refractivity contribution in [3.8, 4) is 5.75 Å². The Balaban J connectivity index is 0.000000567. The Bertz CT molecular complexity index is 410. The molecular formula is C14H20INO5. The summed E-state index contributed by atoms with van der Waals surface area (Å²) >= 11 is 2.29. The number of rotatable bonds is 7. The van der Waals surface area contributed by atoms with Gasteiger partial charge in [0.1, 0.15) is 12.4 Å². The molecule has 1 aromatic rings. The number of hydrogen-bond donors (Lipinski definition) is 3. The van der Waals surface area contributed by atoms with E-state index < -0.39 is 11.9 Å². The molecule has 0 spiro atoms. The third-order valence-corrected chi connectivity index (χ3v) is 2.97. The number of hydrogen-bond acceptors (Lipinski definition) is 4. The summed E-state index contributed by atoms with van der Waals surface area (Å²) in [6.07, 6.45) is 2.48. The second-order valence-corrected chi connectivity index (χ2v) is 5.26. The van der Waals surface area contributed by atoms with Gasteiger partial charge < -0.3 is 20.3 Å². The maximum Gasteiger partial charge on any atom is 0.414 e. The number of carboxylic acids is 2. The summed E-state index contributed by atoms with van der Waals surface area (Å²) < 4.78 is 6.81. The van der Waals surface area contributed by atoms with E-state index in [9.17, 15) is 0 Å². The average Bonchev–Trinajstić information content (AvgIpc) is 2.45. The van der Waals surface area contributed by atoms with Gasteiger partial charge in [-0.1, -0.05) is 13.3 Å². The Morgan fingerprint density at radius 3 is 2.19 bits per heavy atom. The van der Waals surface area contributed by atoms with Crippen LogP contribution >= 0.6 is 22.6 Å². The first kappa shape index (κ1) is 19.7. The number of carbonyl (C=O) groups is 2. The second kappa shape index (κ2) is 12.4. The molecule has 7 heteroatoms. The van der Waals surface area contributed by atoms with E-state index in [-0.39, 0.29) is 0 Å². The lowest BCUT2D eigenvalue weighted by molar-refractivity contribution is -0.159. The van der Waals surface area contributed by atoms with Gasteiger partial charge in [-0.25, -0.2) is 9.59 Å². The molecule has 0 saturated carbocycles. The number of nitrogens with one attached hydrogen (secondary N) is 1. The Hall–Kier alpha value is -1.35. The summed E-state index contributed by atoms with van der Waals surface area (Å²) in [4.78, 5) is 18.2. The predicted molar refractivity (Wildman–Crippen MR) is 87.7 cm³/mol. The van der Waals surface area contributed by atoms with Gasteiger partial charge in [0.2, 0.25) is 0 Å². The van der Waals surface area contributed by atoms with Crippen LogP contribution in [0.4, 0.5) is 0 Å². The van der Waals surface area contributed by atoms with Crippen molar-refractivity contribution in [2.45, 2.75) is 19.8 Å². The van der Waals surface area contributed by atoms with Crippen molar-refractivity contribution in [3.05, 3.63) is 27.8 Å². The molecule has 0 saturated heterocycles. The van der Waals surface area contributed by atoms with E-state index in [2.05, 4.69) is 47.0 Å². The van der Waals surface area contributed by atoms with Crippen LogP contribution < -0.4 is 10.1 Å². The van der Waals surface area contributed by atoms with E-state index >= 15 is 0 Å². The monoisotopic (exact) mass is 409 g/mol. The van der Waals surface area contributed by atoms with Crippen LogP contribution in [-0.2, 0) is 9.59 Å². The molecule has 0 aromatic heterocycles. The van der Waals surface area contributed by atoms with Crippen LogP contribution in [-0.4, -0.2) is 41.8 Å². The summed E-state index contributed by atoms with van der Waals surface area (Å²) in [5.74, 6) is -2.70. The van der Waals surface area contributed by atoms with Crippen molar-refractivity contribution < 1.29 is 24.5 Å². The number of unbranched alkanes of at least 4 members (excludes halogenated alkanes) is 1. The van der Waals surface area contributed by atoms with Gasteiger partial charge in [-0.05, 0) is 59.8 Å². The van der Waals surface area contributed by atoms with Crippen LogP contribution in [0.1, 0.15) is 19.8 Å². The Labute approximate surface area is 137 Å². The molecule has 0 aliphatic heterocycles. The Kier molecular flexibility index (Phi) is 11.6. The zero-order chi connectivity index (χ0) is 16.1. The average molecular weight is 409 g/mol. The Morgan fingerprint density at radius 1 is 1.14 bits per heavy atom. The number of aliphatic carboxylic acids is 2. The molecule has 0 radical (unpaired) electrons. The first-order valence-corrected chi connectivity index (χ1v) is 7.60. The van der Waals surface area contributed by atoms with Gasteiger partial charge >= 0.3 is 11.9 Å². The smallest absolute Gasteiger partial charge is 0.414 e. The zero-order valence-corrected chi connectivity index (χ0v) is 14.0. The van der Waals surface area contributed by atoms with Crippen molar-refractivity contribution in [1.82, 2.24) is 5.32 Å². The highest BCUT2D eigenvalue weighted by molar-refractivity contribution is 14.1. The minimum absolute atomic E-state index is 0.740. The molecule has 0 amide bonds. The van der Waals surface area contributed by atoms with Gasteiger partial charge in [0, 0.05) is 10.1 Å². The first-order valence-electron chi connectivity index (χ1n) is 6.52. The van der Waals surface area contributed by atoms with Crippen molar-refractivity contribution in [2.75, 3.05) is 19.7 Å². The quantitative estimate of drug-likeness (QED) is 0.363. The van der Waals surface area contributed by atoms with Crippen molar-refractivity contribution >= 4 is 34.5 Å². The second-order valence-electron chi connectivity index (χ2n) is 4.02. The van der Waals surface area contributed by atoms with Crippen molar-refractivity contribution in [1.29, 1.82) is 0 Å². The van der Waals surface area contributed by atoms with E-state index in [1.54, 1.807) is 0 Å². The minimum Gasteiger partial charge on any atom is -0.492 e. The molecular weight excluding hydrogens is 389 g/mol. The highest BCUT2D eigenvalue weighted by Crippen LogP contribution is 2.12. The predicted octanol–water partition coefficient (Wildman–Crippen LogP) is 2.22. The largest absolute Gasteiger partial charge is 0.492 e. The fourth-order valence-corrected chi connectivity index (χ4v) is 1.56. The topological polar surface area (TPSA) is 95.9 Å². The highest BCUT2D eigenvalue weighted by Gasteiger charge is 2.04. The molecule has 118 valence electrons. The molecule has 0 aliphatic carbocycles. The number of carboxylic acid groups (broad SMARTS) is 2. The lowest BCUT2D eigenvalue weighted by Crippen LogP contribution is -2.21. The SMILES string of the molecule is CCCCNCCOc1ccc(I)cc1.O=C(O)C(=O)O. The molecule has 0 aliphatic rings. The van der Waals surface area contributed by atoms with Gasteiger partial charge in [-0.3, -0.25) is 0 Å². The molecule has 0 unspecified atom stereocenters. The zero-order valence-electron chi connectivity index (χ0n) is 11.8. The van der Waals surface area contributed by atoms with E-state index in [4.69, 9.17) is 24.5 Å². The maximum absolute atomic E-state index is 9.10. The normalized spacial score (nSPS) is 9.43. The van der Waals surface area contributed by atoms with Crippen LogP contribution in [0, 0.1) is 3.57 Å². The summed E-state index contributed by atoms with van der Waals surface area (Å²) in [5.41, 5.74) is 0. The van der Waals surface area contributed by atoms with E-state index in [0.29, 0.717) is 0 Å². The number of halogens is 1. The van der Waals surface area contributed by atoms with E-state index in [1.807, 2.05) is 12.1 Å². The molecule has 1 rings (SSSR count). The number of ether oxygens (including phenoxy) is 1. The van der Waals surface area contributed by atoms with Crippen LogP contribution in [0.3, 0.4) is 0 Å². The molecule has 3 N–H and O–H groups in total. The third kappa shape index (κ3) is 12.1. The standard InChI is InChI=1S/C12H18INO.C2H2O4/c1-2-3-8-14-9-10-15-12-6-4-11(13)5-7-12;3-1(4)2(5)6/h4-7,14H,2-3,8-10H2,1H3;(H,3,4)(H,5,6). The first-order chi connectivity index (χ1) is 9.97. The number of benzene rings is 1. The lowest BCUT2D eigenvalue weighted by atomic mass is 10.3. The molecule has 0 atom stereocenters. The summed E-state index contributed by atoms with van der Waals surface area (Å²) in [5, 5.41) is 18.1. The lowest BCUT2D eigenvalue weighted by Gasteiger charge is -2.07. The molecule has 6 nitrogen and oxygen atoms in total. The third-order valence-electron chi connectivity index (χ3n) is 2.25. The van der Waals surface area contributed by atoms with Crippen LogP contribution in [0.5, 0.6) is 5.75 Å². The van der Waals surface area contributed by atoms with Crippen molar-refractivity contribution in [3.63, 3.8) is 0 Å². The van der Waals surface area contributed by atoms with Gasteiger partial charge in [0.25, 0.3) is 0 Å². The summed E-state index contributed by atoms with van der Waals surface area (Å²) in [7, 11) is 0. The fraction of sp³-hybridized carbons (Fsp3) is 0.429. The molecule has 0 fully saturated rings. The highest BCUT2D eigenvalue weighted by atomic mass is 127. The Morgan fingerprint density at radius 2 is 1.71 bits per heavy atom. The minimum atomic E-state index is -1.82. The van der Waals surface area contributed by atoms with E-state index in [1.165, 1.54) is 16.4 Å². The summed E-state index contributed by atoms with van der Waals surface area (Å²) in [6.45, 7) is 4.95. The maximum atomic E-state index is 9.10. The van der Waals surface area contributed by atoms with Gasteiger partial charge in [-0.2, -0.15) is 0 Å². The molecule has 0 heterocycles. The van der Waals surface area contributed by atoms with E-state index in [0.717, 1.165) is 25.4 Å². The van der Waals surface area contributed by atoms with Gasteiger partial charge in [0.15, 0.2) is 0 Å². The molecule has 21 heavy (non-hydrogen) atoms. The van der Waals surface area contributed by atoms with Crippen LogP contribution in [0.15, 0.2) is 24.3 Å². The van der Waals surface area contributed by atoms with Crippen LogP contribution in [0.2, 0.25) is 0 Å². The van der Waals surface area contributed by atoms with Crippen LogP contribution in [0.25, 0.3) is 0 Å². The molecule has 0 bridgehead atoms. The van der Waals surface area contributed by atoms with Gasteiger partial charge in [0.05, 0.1) is 0 Å². The molecule has 1 aromatic carbocycles. The van der Waals surface area contributed by atoms with Gasteiger partial charge in [-0.15, -0.1) is 0 Å². The summed E-state index contributed by atoms with van der Waals surface area (Å²) in [6, 6.07) is 8.13. The van der Waals surface area contributed by atoms with Crippen molar-refractivity contribution in [2.24, 2.45) is 0 Å². The fourth-order valence-electron chi connectivity index (χ4n) is 1.20.